The predicted molar refractivity (Wildman–Crippen MR) is 92.5 cm³/mol. The lowest BCUT2D eigenvalue weighted by atomic mass is 9.62. The number of ether oxygens (including phenoxy) is 3. The number of esters is 1. The second kappa shape index (κ2) is 5.45. The van der Waals surface area contributed by atoms with Gasteiger partial charge in [0, 0.05) is 0 Å². The van der Waals surface area contributed by atoms with E-state index >= 15 is 0 Å². The van der Waals surface area contributed by atoms with Crippen molar-refractivity contribution in [1.82, 2.24) is 0 Å². The Bertz CT molecular complexity index is 572. The fraction of sp³-hybridized carbons (Fsp3) is 0.952. The summed E-state index contributed by atoms with van der Waals surface area (Å²) in [7, 11) is 0. The smallest absolute Gasteiger partial charge is 0.309 e. The Morgan fingerprint density at radius 3 is 2.44 bits per heavy atom. The summed E-state index contributed by atoms with van der Waals surface area (Å²) < 4.78 is 17.0. The van der Waals surface area contributed by atoms with Gasteiger partial charge in [0.05, 0.1) is 12.5 Å². The van der Waals surface area contributed by atoms with Crippen molar-refractivity contribution in [2.45, 2.75) is 58.8 Å². The second-order valence-electron chi connectivity index (χ2n) is 10.0. The van der Waals surface area contributed by atoms with E-state index in [4.69, 9.17) is 14.2 Å². The molecule has 1 heterocycles. The largest absolute Gasteiger partial charge is 0.463 e. The van der Waals surface area contributed by atoms with E-state index in [0.717, 1.165) is 47.8 Å². The summed E-state index contributed by atoms with van der Waals surface area (Å²) in [4.78, 5) is 12.8. The van der Waals surface area contributed by atoms with Gasteiger partial charge in [0.15, 0.2) is 5.79 Å². The zero-order chi connectivity index (χ0) is 17.5. The minimum absolute atomic E-state index is 0.0303. The summed E-state index contributed by atoms with van der Waals surface area (Å²) in [6.45, 7) is 9.58. The molecule has 10 atom stereocenters. The Morgan fingerprint density at radius 1 is 1.04 bits per heavy atom. The van der Waals surface area contributed by atoms with Gasteiger partial charge in [-0.3, -0.25) is 4.79 Å². The highest BCUT2D eigenvalue weighted by molar-refractivity contribution is 5.73. The Morgan fingerprint density at radius 2 is 1.76 bits per heavy atom. The van der Waals surface area contributed by atoms with E-state index in [1.165, 1.54) is 12.8 Å². The van der Waals surface area contributed by atoms with Crippen molar-refractivity contribution in [3.8, 4) is 0 Å². The molecule has 0 aromatic heterocycles. The maximum absolute atomic E-state index is 12.8. The van der Waals surface area contributed by atoms with Crippen LogP contribution in [-0.2, 0) is 19.0 Å². The predicted octanol–water partition coefficient (Wildman–Crippen LogP) is 3.49. The van der Waals surface area contributed by atoms with Crippen LogP contribution in [0.4, 0.5) is 0 Å². The van der Waals surface area contributed by atoms with Crippen LogP contribution in [0.2, 0.25) is 0 Å². The van der Waals surface area contributed by atoms with Crippen molar-refractivity contribution in [1.29, 1.82) is 0 Å². The van der Waals surface area contributed by atoms with Crippen LogP contribution in [0.5, 0.6) is 0 Å². The number of fused-ring (bicyclic) bond motifs is 9. The number of carbonyl (C=O) groups is 1. The Hall–Kier alpha value is -0.610. The molecule has 4 saturated carbocycles. The first-order valence-electron chi connectivity index (χ1n) is 10.3. The first-order chi connectivity index (χ1) is 11.9. The molecule has 0 radical (unpaired) electrons. The Kier molecular flexibility index (Phi) is 3.61. The van der Waals surface area contributed by atoms with Crippen LogP contribution < -0.4 is 0 Å². The zero-order valence-electron chi connectivity index (χ0n) is 15.9. The fourth-order valence-corrected chi connectivity index (χ4v) is 7.63. The number of hydrogen-bond donors (Lipinski definition) is 0. The molecule has 0 amide bonds. The second-order valence-corrected chi connectivity index (χ2v) is 10.0. The summed E-state index contributed by atoms with van der Waals surface area (Å²) in [5, 5.41) is 0. The molecule has 140 valence electrons. The normalized spacial score (nSPS) is 54.9. The van der Waals surface area contributed by atoms with Gasteiger partial charge >= 0.3 is 5.97 Å². The maximum atomic E-state index is 12.8. The van der Waals surface area contributed by atoms with E-state index in [1.807, 2.05) is 13.8 Å². The first-order valence-corrected chi connectivity index (χ1v) is 10.3. The standard InChI is InChI=1S/C21H32O4/c1-10-11(2)15-7-14(10)18-12-5-16(19(15)18)17(6-12)20(22)23-8-13-9-24-21(3,4)25-13/h10-19H,5-9H2,1-4H3. The molecular weight excluding hydrogens is 316 g/mol. The number of carbonyl (C=O) groups excluding carboxylic acids is 1. The molecular formula is C21H32O4. The lowest BCUT2D eigenvalue weighted by Gasteiger charge is -2.43. The van der Waals surface area contributed by atoms with E-state index in [1.54, 1.807) is 0 Å². The van der Waals surface area contributed by atoms with E-state index in [2.05, 4.69) is 13.8 Å². The van der Waals surface area contributed by atoms with Crippen molar-refractivity contribution >= 4 is 5.97 Å². The molecule has 5 fully saturated rings. The molecule has 4 nitrogen and oxygen atoms in total. The van der Waals surface area contributed by atoms with Gasteiger partial charge < -0.3 is 14.2 Å². The highest BCUT2D eigenvalue weighted by Crippen LogP contribution is 2.71. The molecule has 0 aromatic rings. The Balaban J connectivity index is 1.22. The summed E-state index contributed by atoms with van der Waals surface area (Å²) in [5.74, 6) is 6.24. The van der Waals surface area contributed by atoms with Gasteiger partial charge in [0.25, 0.3) is 0 Å². The van der Waals surface area contributed by atoms with Gasteiger partial charge in [0.2, 0.25) is 0 Å². The third-order valence-corrected chi connectivity index (χ3v) is 8.63. The molecule has 5 rings (SSSR count). The van der Waals surface area contributed by atoms with Crippen LogP contribution in [0.25, 0.3) is 0 Å². The van der Waals surface area contributed by atoms with Crippen molar-refractivity contribution in [3.63, 3.8) is 0 Å². The monoisotopic (exact) mass is 348 g/mol. The zero-order valence-corrected chi connectivity index (χ0v) is 15.9. The average molecular weight is 348 g/mol. The lowest BCUT2D eigenvalue weighted by molar-refractivity contribution is -0.164. The molecule has 25 heavy (non-hydrogen) atoms. The van der Waals surface area contributed by atoms with Crippen LogP contribution in [0.3, 0.4) is 0 Å². The van der Waals surface area contributed by atoms with Crippen molar-refractivity contribution in [2.75, 3.05) is 13.2 Å². The van der Waals surface area contributed by atoms with Gasteiger partial charge in [-0.15, -0.1) is 0 Å². The fourth-order valence-electron chi connectivity index (χ4n) is 7.63. The Labute approximate surface area is 151 Å². The van der Waals surface area contributed by atoms with Gasteiger partial charge in [0.1, 0.15) is 12.7 Å². The highest BCUT2D eigenvalue weighted by atomic mass is 16.7. The summed E-state index contributed by atoms with van der Waals surface area (Å²) in [5.41, 5.74) is 0. The van der Waals surface area contributed by atoms with Crippen LogP contribution in [0.15, 0.2) is 0 Å². The van der Waals surface area contributed by atoms with Crippen molar-refractivity contribution in [3.05, 3.63) is 0 Å². The minimum Gasteiger partial charge on any atom is -0.463 e. The van der Waals surface area contributed by atoms with Crippen LogP contribution in [0.1, 0.15) is 47.0 Å². The maximum Gasteiger partial charge on any atom is 0.309 e. The van der Waals surface area contributed by atoms with E-state index in [9.17, 15) is 4.79 Å². The molecule has 1 aliphatic heterocycles. The summed E-state index contributed by atoms with van der Waals surface area (Å²) >= 11 is 0. The third kappa shape index (κ3) is 2.36. The number of rotatable bonds is 3. The van der Waals surface area contributed by atoms with Crippen molar-refractivity contribution in [2.24, 2.45) is 53.3 Å². The number of hydrogen-bond acceptors (Lipinski definition) is 4. The van der Waals surface area contributed by atoms with Gasteiger partial charge in [-0.05, 0) is 80.5 Å². The van der Waals surface area contributed by atoms with Gasteiger partial charge in [-0.1, -0.05) is 13.8 Å². The molecule has 10 unspecified atom stereocenters. The topological polar surface area (TPSA) is 44.8 Å². The summed E-state index contributed by atoms with van der Waals surface area (Å²) in [6.07, 6.45) is 3.66. The molecule has 4 bridgehead atoms. The average Bonchev–Trinajstić information content (AvgIpc) is 3.32. The first kappa shape index (κ1) is 16.6. The molecule has 4 aliphatic carbocycles. The lowest BCUT2D eigenvalue weighted by Crippen LogP contribution is -2.41. The quantitative estimate of drug-likeness (QED) is 0.578. The van der Waals surface area contributed by atoms with Gasteiger partial charge in [-0.25, -0.2) is 0 Å². The van der Waals surface area contributed by atoms with Crippen LogP contribution in [0, 0.1) is 53.3 Å². The van der Waals surface area contributed by atoms with Crippen molar-refractivity contribution < 1.29 is 19.0 Å². The highest BCUT2D eigenvalue weighted by Gasteiger charge is 2.66. The molecule has 0 N–H and O–H groups in total. The molecule has 5 aliphatic rings. The molecule has 0 aromatic carbocycles. The SMILES string of the molecule is CC1C(C)C2CC1C1C3CC(C(=O)OCC4COC(C)(C)O4)C(C3)C21. The van der Waals surface area contributed by atoms with Gasteiger partial charge in [-0.2, -0.15) is 0 Å². The minimum atomic E-state index is -0.549. The molecule has 4 heteroatoms. The van der Waals surface area contributed by atoms with Crippen LogP contribution >= 0.6 is 0 Å². The van der Waals surface area contributed by atoms with E-state index < -0.39 is 5.79 Å². The van der Waals surface area contributed by atoms with E-state index in [0.29, 0.717) is 19.1 Å². The molecule has 0 spiro atoms. The van der Waals surface area contributed by atoms with E-state index in [-0.39, 0.29) is 18.0 Å². The van der Waals surface area contributed by atoms with Crippen LogP contribution in [-0.4, -0.2) is 31.1 Å². The third-order valence-electron chi connectivity index (χ3n) is 8.63. The molecule has 1 saturated heterocycles. The summed E-state index contributed by atoms with van der Waals surface area (Å²) in [6, 6.07) is 0.